The standard InChI is InChI=1S/C23H29N3OS/c1-16(2)22(19-10-8-18(9-11-19)17-6-4-3-5-7-17)24-15-20-14-21(27)26-12-13-28-23(26)25-20/h8-14,16-17,22,24H,3-7,15H2,1-2H3/t22-/m0/s1. The van der Waals surface area contributed by atoms with Crippen molar-refractivity contribution in [1.29, 1.82) is 0 Å². The van der Waals surface area contributed by atoms with Crippen molar-refractivity contribution in [3.8, 4) is 0 Å². The van der Waals surface area contributed by atoms with Crippen LogP contribution in [-0.2, 0) is 6.54 Å². The minimum atomic E-state index is -0.0130. The summed E-state index contributed by atoms with van der Waals surface area (Å²) in [6.07, 6.45) is 8.56. The Bertz CT molecular complexity index is 967. The second-order valence-corrected chi connectivity index (χ2v) is 9.12. The van der Waals surface area contributed by atoms with E-state index >= 15 is 0 Å². The maximum absolute atomic E-state index is 12.2. The molecule has 2 heterocycles. The van der Waals surface area contributed by atoms with Crippen LogP contribution in [0.3, 0.4) is 0 Å². The van der Waals surface area contributed by atoms with Gasteiger partial charge in [0, 0.05) is 30.2 Å². The normalized spacial score (nSPS) is 16.7. The third kappa shape index (κ3) is 4.20. The van der Waals surface area contributed by atoms with Crippen LogP contribution >= 0.6 is 11.3 Å². The van der Waals surface area contributed by atoms with Gasteiger partial charge < -0.3 is 5.32 Å². The average molecular weight is 396 g/mol. The molecule has 4 rings (SSSR count). The van der Waals surface area contributed by atoms with E-state index < -0.39 is 0 Å². The number of benzene rings is 1. The number of thiazole rings is 1. The summed E-state index contributed by atoms with van der Waals surface area (Å²) in [5.41, 5.74) is 3.59. The summed E-state index contributed by atoms with van der Waals surface area (Å²) in [5.74, 6) is 1.19. The summed E-state index contributed by atoms with van der Waals surface area (Å²) in [7, 11) is 0. The molecule has 1 aliphatic rings. The number of nitrogens with one attached hydrogen (secondary N) is 1. The SMILES string of the molecule is CC(C)[C@H](NCc1cc(=O)n2ccsc2n1)c1ccc(C2CCCCC2)cc1. The molecule has 1 fully saturated rings. The van der Waals surface area contributed by atoms with Crippen LogP contribution in [-0.4, -0.2) is 9.38 Å². The van der Waals surface area contributed by atoms with Gasteiger partial charge in [0.15, 0.2) is 4.96 Å². The molecule has 1 aromatic carbocycles. The molecule has 28 heavy (non-hydrogen) atoms. The van der Waals surface area contributed by atoms with Crippen LogP contribution in [0.25, 0.3) is 4.96 Å². The van der Waals surface area contributed by atoms with Crippen molar-refractivity contribution in [1.82, 2.24) is 14.7 Å². The Morgan fingerprint density at radius 2 is 1.93 bits per heavy atom. The first kappa shape index (κ1) is 19.3. The lowest BCUT2D eigenvalue weighted by atomic mass is 9.83. The van der Waals surface area contributed by atoms with Gasteiger partial charge in [-0.15, -0.1) is 11.3 Å². The number of hydrogen-bond acceptors (Lipinski definition) is 4. The third-order valence-electron chi connectivity index (χ3n) is 5.90. The van der Waals surface area contributed by atoms with E-state index in [9.17, 15) is 4.79 Å². The molecule has 0 aliphatic heterocycles. The van der Waals surface area contributed by atoms with Crippen LogP contribution in [0, 0.1) is 5.92 Å². The number of nitrogens with zero attached hydrogens (tertiary/aromatic N) is 2. The van der Waals surface area contributed by atoms with E-state index in [1.54, 1.807) is 16.7 Å². The second kappa shape index (κ2) is 8.58. The fourth-order valence-corrected chi connectivity index (χ4v) is 5.08. The molecule has 0 bridgehead atoms. The highest BCUT2D eigenvalue weighted by Crippen LogP contribution is 2.33. The topological polar surface area (TPSA) is 46.4 Å². The van der Waals surface area contributed by atoms with E-state index in [1.165, 1.54) is 54.6 Å². The van der Waals surface area contributed by atoms with Gasteiger partial charge in [-0.2, -0.15) is 0 Å². The minimum absolute atomic E-state index is 0.0130. The van der Waals surface area contributed by atoms with Crippen molar-refractivity contribution in [2.24, 2.45) is 5.92 Å². The minimum Gasteiger partial charge on any atom is -0.304 e. The molecule has 5 heteroatoms. The molecular formula is C23H29N3OS. The Morgan fingerprint density at radius 1 is 1.18 bits per heavy atom. The number of aromatic nitrogens is 2. The lowest BCUT2D eigenvalue weighted by Crippen LogP contribution is -2.27. The first-order valence-corrected chi connectivity index (χ1v) is 11.3. The van der Waals surface area contributed by atoms with Gasteiger partial charge in [0.05, 0.1) is 5.69 Å². The predicted molar refractivity (Wildman–Crippen MR) is 116 cm³/mol. The molecule has 1 N–H and O–H groups in total. The summed E-state index contributed by atoms with van der Waals surface area (Å²) < 4.78 is 1.60. The lowest BCUT2D eigenvalue weighted by molar-refractivity contribution is 0.408. The monoisotopic (exact) mass is 395 g/mol. The maximum atomic E-state index is 12.2. The summed E-state index contributed by atoms with van der Waals surface area (Å²) in [6, 6.07) is 11.1. The lowest BCUT2D eigenvalue weighted by Gasteiger charge is -2.25. The molecule has 148 valence electrons. The van der Waals surface area contributed by atoms with Gasteiger partial charge in [0.25, 0.3) is 5.56 Å². The molecular weight excluding hydrogens is 366 g/mol. The van der Waals surface area contributed by atoms with Gasteiger partial charge in [-0.25, -0.2) is 4.98 Å². The largest absolute Gasteiger partial charge is 0.304 e. The van der Waals surface area contributed by atoms with E-state index in [-0.39, 0.29) is 11.6 Å². The van der Waals surface area contributed by atoms with E-state index in [4.69, 9.17) is 0 Å². The summed E-state index contributed by atoms with van der Waals surface area (Å²) in [5, 5.41) is 5.52. The number of rotatable bonds is 6. The third-order valence-corrected chi connectivity index (χ3v) is 6.65. The molecule has 2 aromatic heterocycles. The van der Waals surface area contributed by atoms with Crippen LogP contribution in [0.15, 0.2) is 46.7 Å². The first-order chi connectivity index (χ1) is 13.6. The molecule has 0 radical (unpaired) electrons. The molecule has 0 amide bonds. The Labute approximate surface area is 170 Å². The Morgan fingerprint density at radius 3 is 2.64 bits per heavy atom. The highest BCUT2D eigenvalue weighted by atomic mass is 32.1. The Kier molecular flexibility index (Phi) is 5.93. The van der Waals surface area contributed by atoms with Crippen LogP contribution in [0.5, 0.6) is 0 Å². The van der Waals surface area contributed by atoms with E-state index in [2.05, 4.69) is 48.4 Å². The fourth-order valence-electron chi connectivity index (χ4n) is 4.34. The molecule has 1 atom stereocenters. The van der Waals surface area contributed by atoms with Crippen LogP contribution in [0.4, 0.5) is 0 Å². The summed E-state index contributed by atoms with van der Waals surface area (Å²) in [6.45, 7) is 5.06. The highest BCUT2D eigenvalue weighted by Gasteiger charge is 2.18. The maximum Gasteiger partial charge on any atom is 0.258 e. The molecule has 0 unspecified atom stereocenters. The second-order valence-electron chi connectivity index (χ2n) is 8.25. The smallest absolute Gasteiger partial charge is 0.258 e. The van der Waals surface area contributed by atoms with Gasteiger partial charge in [-0.3, -0.25) is 9.20 Å². The predicted octanol–water partition coefficient (Wildman–Crippen LogP) is 5.29. The van der Waals surface area contributed by atoms with Gasteiger partial charge in [-0.1, -0.05) is 57.4 Å². The van der Waals surface area contributed by atoms with Crippen molar-refractivity contribution in [2.45, 2.75) is 64.5 Å². The summed E-state index contributed by atoms with van der Waals surface area (Å²) in [4.78, 5) is 17.6. The summed E-state index contributed by atoms with van der Waals surface area (Å²) >= 11 is 1.49. The van der Waals surface area contributed by atoms with E-state index in [0.717, 1.165) is 16.6 Å². The van der Waals surface area contributed by atoms with Gasteiger partial charge in [-0.05, 0) is 35.8 Å². The van der Waals surface area contributed by atoms with Gasteiger partial charge in [0.2, 0.25) is 0 Å². The van der Waals surface area contributed by atoms with Crippen LogP contribution in [0.1, 0.15) is 74.7 Å². The number of hydrogen-bond donors (Lipinski definition) is 1. The number of fused-ring (bicyclic) bond motifs is 1. The first-order valence-electron chi connectivity index (χ1n) is 10.4. The van der Waals surface area contributed by atoms with Crippen molar-refractivity contribution < 1.29 is 0 Å². The van der Waals surface area contributed by atoms with E-state index in [0.29, 0.717) is 12.5 Å². The fraction of sp³-hybridized carbons (Fsp3) is 0.478. The highest BCUT2D eigenvalue weighted by molar-refractivity contribution is 7.15. The molecule has 4 nitrogen and oxygen atoms in total. The Hall–Kier alpha value is -1.98. The van der Waals surface area contributed by atoms with Crippen molar-refractivity contribution in [3.05, 3.63) is 69.1 Å². The molecule has 1 aliphatic carbocycles. The zero-order valence-corrected chi connectivity index (χ0v) is 17.5. The molecule has 3 aromatic rings. The quantitative estimate of drug-likeness (QED) is 0.617. The van der Waals surface area contributed by atoms with Crippen molar-refractivity contribution in [3.63, 3.8) is 0 Å². The van der Waals surface area contributed by atoms with Gasteiger partial charge in [0.1, 0.15) is 0 Å². The molecule has 0 spiro atoms. The average Bonchev–Trinajstić information content (AvgIpc) is 3.18. The van der Waals surface area contributed by atoms with Crippen molar-refractivity contribution in [2.75, 3.05) is 0 Å². The van der Waals surface area contributed by atoms with Gasteiger partial charge >= 0.3 is 0 Å². The van der Waals surface area contributed by atoms with Crippen LogP contribution < -0.4 is 10.9 Å². The molecule has 0 saturated heterocycles. The zero-order valence-electron chi connectivity index (χ0n) is 16.7. The van der Waals surface area contributed by atoms with Crippen LogP contribution in [0.2, 0.25) is 0 Å². The Balaban J connectivity index is 1.48. The zero-order chi connectivity index (χ0) is 19.5. The van der Waals surface area contributed by atoms with E-state index in [1.807, 2.05) is 5.38 Å². The molecule has 1 saturated carbocycles. The van der Waals surface area contributed by atoms with Crippen molar-refractivity contribution >= 4 is 16.3 Å².